The van der Waals surface area contributed by atoms with Crippen LogP contribution in [-0.2, 0) is 22.7 Å². The van der Waals surface area contributed by atoms with E-state index in [2.05, 4.69) is 80.4 Å². The molecule has 0 saturated heterocycles. The van der Waals surface area contributed by atoms with Crippen molar-refractivity contribution in [1.82, 2.24) is 0 Å². The lowest BCUT2D eigenvalue weighted by Gasteiger charge is -2.14. The Morgan fingerprint density at radius 3 is 1.45 bits per heavy atom. The molecule has 2 nitrogen and oxygen atoms in total. The maximum Gasteiger partial charge on any atom is 0.0723 e. The number of rotatable bonds is 9. The highest BCUT2D eigenvalue weighted by Crippen LogP contribution is 2.28. The lowest BCUT2D eigenvalue weighted by Crippen LogP contribution is -2.01. The van der Waals surface area contributed by atoms with E-state index >= 15 is 0 Å². The van der Waals surface area contributed by atoms with Gasteiger partial charge in [-0.05, 0) is 22.3 Å². The Balaban J connectivity index is 2.23. The summed E-state index contributed by atoms with van der Waals surface area (Å²) in [4.78, 5) is 0. The molecule has 0 aromatic heterocycles. The molecule has 0 bridgehead atoms. The van der Waals surface area contributed by atoms with E-state index in [0.717, 1.165) is 10.7 Å². The average molecular weight is 428 g/mol. The van der Waals surface area contributed by atoms with Crippen molar-refractivity contribution in [1.29, 1.82) is 0 Å². The van der Waals surface area contributed by atoms with Crippen LogP contribution in [-0.4, -0.2) is 23.9 Å². The van der Waals surface area contributed by atoms with Crippen LogP contribution in [0, 0.1) is 0 Å². The topological polar surface area (TPSA) is 18.5 Å². The van der Waals surface area contributed by atoms with Crippen molar-refractivity contribution >= 4 is 31.9 Å². The number of benzene rings is 2. The van der Waals surface area contributed by atoms with Gasteiger partial charge >= 0.3 is 0 Å². The summed E-state index contributed by atoms with van der Waals surface area (Å²) in [7, 11) is 0. The molecule has 0 radical (unpaired) electrons. The van der Waals surface area contributed by atoms with E-state index in [1.807, 2.05) is 0 Å². The molecule has 0 amide bonds. The van der Waals surface area contributed by atoms with Crippen LogP contribution in [0.1, 0.15) is 11.1 Å². The van der Waals surface area contributed by atoms with Gasteiger partial charge in [0.1, 0.15) is 0 Å². The first-order valence-corrected chi connectivity index (χ1v) is 9.54. The fourth-order valence-electron chi connectivity index (χ4n) is 2.29. The minimum Gasteiger partial charge on any atom is -0.376 e. The van der Waals surface area contributed by atoms with Gasteiger partial charge < -0.3 is 9.47 Å². The van der Waals surface area contributed by atoms with E-state index in [1.165, 1.54) is 22.3 Å². The Morgan fingerprint density at radius 2 is 1.05 bits per heavy atom. The summed E-state index contributed by atoms with van der Waals surface area (Å²) >= 11 is 6.78. The zero-order valence-corrected chi connectivity index (χ0v) is 15.6. The van der Waals surface area contributed by atoms with Crippen molar-refractivity contribution in [3.8, 4) is 11.1 Å². The van der Waals surface area contributed by atoms with Gasteiger partial charge in [0.2, 0.25) is 0 Å². The molecule has 22 heavy (non-hydrogen) atoms. The lowest BCUT2D eigenvalue weighted by atomic mass is 9.96. The largest absolute Gasteiger partial charge is 0.376 e. The molecular weight excluding hydrogens is 408 g/mol. The Kier molecular flexibility index (Phi) is 8.16. The van der Waals surface area contributed by atoms with Crippen LogP contribution >= 0.6 is 31.9 Å². The highest BCUT2D eigenvalue weighted by atomic mass is 79.9. The summed E-state index contributed by atoms with van der Waals surface area (Å²) in [5, 5.41) is 1.71. The number of ether oxygens (including phenoxy) is 2. The normalized spacial score (nSPS) is 10.8. The van der Waals surface area contributed by atoms with Gasteiger partial charge in [-0.2, -0.15) is 0 Å². The van der Waals surface area contributed by atoms with Gasteiger partial charge in [0, 0.05) is 10.7 Å². The van der Waals surface area contributed by atoms with Gasteiger partial charge in [-0.15, -0.1) is 0 Å². The molecule has 0 unspecified atom stereocenters. The zero-order valence-electron chi connectivity index (χ0n) is 12.4. The molecule has 0 atom stereocenters. The summed E-state index contributed by atoms with van der Waals surface area (Å²) in [5.41, 5.74) is 4.85. The van der Waals surface area contributed by atoms with Crippen molar-refractivity contribution in [2.24, 2.45) is 0 Å². The van der Waals surface area contributed by atoms with Gasteiger partial charge in [-0.1, -0.05) is 80.4 Å². The maximum atomic E-state index is 5.69. The fraction of sp³-hybridized carbons (Fsp3) is 0.333. The van der Waals surface area contributed by atoms with Crippen molar-refractivity contribution in [3.63, 3.8) is 0 Å². The molecule has 0 aliphatic heterocycles. The van der Waals surface area contributed by atoms with E-state index in [9.17, 15) is 0 Å². The zero-order chi connectivity index (χ0) is 15.6. The second-order valence-corrected chi connectivity index (χ2v) is 6.38. The Morgan fingerprint density at radius 1 is 0.636 bits per heavy atom. The van der Waals surface area contributed by atoms with Crippen LogP contribution in [0.25, 0.3) is 11.1 Å². The third-order valence-corrected chi connectivity index (χ3v) is 3.93. The van der Waals surface area contributed by atoms with Crippen molar-refractivity contribution < 1.29 is 9.47 Å². The van der Waals surface area contributed by atoms with Crippen molar-refractivity contribution in [2.75, 3.05) is 23.9 Å². The second kappa shape index (κ2) is 10.2. The molecule has 2 aromatic rings. The summed E-state index contributed by atoms with van der Waals surface area (Å²) in [5.74, 6) is 0. The molecule has 4 heteroatoms. The highest BCUT2D eigenvalue weighted by Gasteiger charge is 2.09. The van der Waals surface area contributed by atoms with Crippen LogP contribution < -0.4 is 0 Å². The molecular formula is C18H20Br2O2. The summed E-state index contributed by atoms with van der Waals surface area (Å²) in [6.07, 6.45) is 0. The molecule has 2 rings (SSSR count). The van der Waals surface area contributed by atoms with Gasteiger partial charge in [0.25, 0.3) is 0 Å². The van der Waals surface area contributed by atoms with Crippen LogP contribution in [0.5, 0.6) is 0 Å². The van der Waals surface area contributed by atoms with Crippen LogP contribution in [0.4, 0.5) is 0 Å². The van der Waals surface area contributed by atoms with Crippen LogP contribution in [0.3, 0.4) is 0 Å². The average Bonchev–Trinajstić information content (AvgIpc) is 2.56. The van der Waals surface area contributed by atoms with E-state index in [4.69, 9.17) is 9.47 Å². The second-order valence-electron chi connectivity index (χ2n) is 4.80. The molecule has 0 N–H and O–H groups in total. The molecule has 0 saturated carbocycles. The SMILES string of the molecule is BrCCOCc1ccccc1-c1ccccc1COCCBr. The number of alkyl halides is 2. The summed E-state index contributed by atoms with van der Waals surface area (Å²) in [6, 6.07) is 16.8. The van der Waals surface area contributed by atoms with Crippen molar-refractivity contribution in [3.05, 3.63) is 59.7 Å². The van der Waals surface area contributed by atoms with E-state index in [-0.39, 0.29) is 0 Å². The molecule has 0 heterocycles. The third-order valence-electron chi connectivity index (χ3n) is 3.28. The Labute approximate surface area is 149 Å². The van der Waals surface area contributed by atoms with Crippen LogP contribution in [0.15, 0.2) is 48.5 Å². The molecule has 0 aliphatic rings. The van der Waals surface area contributed by atoms with Gasteiger partial charge in [0.05, 0.1) is 26.4 Å². The first-order valence-electron chi connectivity index (χ1n) is 7.30. The number of hydrogen-bond donors (Lipinski definition) is 0. The lowest BCUT2D eigenvalue weighted by molar-refractivity contribution is 0.136. The predicted molar refractivity (Wildman–Crippen MR) is 98.8 cm³/mol. The van der Waals surface area contributed by atoms with E-state index < -0.39 is 0 Å². The molecule has 118 valence electrons. The van der Waals surface area contributed by atoms with E-state index in [0.29, 0.717) is 26.4 Å². The number of halogens is 2. The summed E-state index contributed by atoms with van der Waals surface area (Å²) in [6.45, 7) is 2.67. The van der Waals surface area contributed by atoms with Crippen LogP contribution in [0.2, 0.25) is 0 Å². The molecule has 2 aromatic carbocycles. The van der Waals surface area contributed by atoms with Gasteiger partial charge in [-0.3, -0.25) is 0 Å². The minimum absolute atomic E-state index is 0.623. The monoisotopic (exact) mass is 426 g/mol. The standard InChI is InChI=1S/C18H20Br2O2/c19-9-11-21-13-15-5-1-3-7-17(15)18-8-4-2-6-16(18)14-22-12-10-20/h1-8H,9-14H2. The first kappa shape index (κ1) is 17.7. The minimum atomic E-state index is 0.623. The van der Waals surface area contributed by atoms with Crippen molar-refractivity contribution in [2.45, 2.75) is 13.2 Å². The van der Waals surface area contributed by atoms with Gasteiger partial charge in [0.15, 0.2) is 0 Å². The number of hydrogen-bond acceptors (Lipinski definition) is 2. The smallest absolute Gasteiger partial charge is 0.0723 e. The predicted octanol–water partition coefficient (Wildman–Crippen LogP) is 5.18. The Bertz CT molecular complexity index is 521. The molecule has 0 fully saturated rings. The highest BCUT2D eigenvalue weighted by molar-refractivity contribution is 9.09. The quantitative estimate of drug-likeness (QED) is 0.405. The maximum absolute atomic E-state index is 5.69. The van der Waals surface area contributed by atoms with E-state index in [1.54, 1.807) is 0 Å². The molecule has 0 aliphatic carbocycles. The molecule has 0 spiro atoms. The van der Waals surface area contributed by atoms with Gasteiger partial charge in [-0.25, -0.2) is 0 Å². The Hall–Kier alpha value is -0.680. The first-order chi connectivity index (χ1) is 10.9. The fourth-order valence-corrected chi connectivity index (χ4v) is 2.75. The summed E-state index contributed by atoms with van der Waals surface area (Å²) < 4.78 is 11.4. The third kappa shape index (κ3) is 5.20.